The van der Waals surface area contributed by atoms with Gasteiger partial charge < -0.3 is 20.5 Å². The summed E-state index contributed by atoms with van der Waals surface area (Å²) < 4.78 is 10.6. The van der Waals surface area contributed by atoms with Crippen molar-refractivity contribution in [3.63, 3.8) is 0 Å². The van der Waals surface area contributed by atoms with E-state index in [0.717, 1.165) is 12.8 Å². The Morgan fingerprint density at radius 1 is 1.48 bits per heavy atom. The molecule has 2 rings (SSSR count). The van der Waals surface area contributed by atoms with Crippen molar-refractivity contribution in [2.75, 3.05) is 19.8 Å². The number of halogens is 1. The van der Waals surface area contributed by atoms with Gasteiger partial charge in [0.05, 0.1) is 5.02 Å². The van der Waals surface area contributed by atoms with Gasteiger partial charge in [0, 0.05) is 24.8 Å². The average Bonchev–Trinajstić information content (AvgIpc) is 2.46. The summed E-state index contributed by atoms with van der Waals surface area (Å²) in [5.41, 5.74) is 6.11. The molecule has 7 heteroatoms. The Balaban J connectivity index is 1.83. The van der Waals surface area contributed by atoms with Crippen LogP contribution in [0.15, 0.2) is 18.2 Å². The molecular weight excluding hydrogens is 312 g/mol. The first-order chi connectivity index (χ1) is 10.1. The van der Waals surface area contributed by atoms with E-state index in [0.29, 0.717) is 29.5 Å². The van der Waals surface area contributed by atoms with Crippen LogP contribution in [0, 0.1) is 0 Å². The molecule has 1 aromatic carbocycles. The van der Waals surface area contributed by atoms with Gasteiger partial charge in [0.1, 0.15) is 10.7 Å². The van der Waals surface area contributed by atoms with Crippen molar-refractivity contribution in [2.24, 2.45) is 5.73 Å². The Morgan fingerprint density at radius 3 is 2.81 bits per heavy atom. The van der Waals surface area contributed by atoms with Crippen LogP contribution in [-0.2, 0) is 9.53 Å². The smallest absolute Gasteiger partial charge is 0.258 e. The number of benzene rings is 1. The number of thiocarbonyl (C=S) groups is 1. The Labute approximate surface area is 133 Å². The van der Waals surface area contributed by atoms with Gasteiger partial charge in [-0.1, -0.05) is 23.8 Å². The third-order valence-corrected chi connectivity index (χ3v) is 3.69. The van der Waals surface area contributed by atoms with E-state index in [1.165, 1.54) is 0 Å². The summed E-state index contributed by atoms with van der Waals surface area (Å²) in [4.78, 5) is 12.0. The van der Waals surface area contributed by atoms with Crippen LogP contribution >= 0.6 is 23.8 Å². The molecule has 21 heavy (non-hydrogen) atoms. The number of nitrogens with two attached hydrogens (primary N) is 1. The Morgan fingerprint density at radius 2 is 2.19 bits per heavy atom. The van der Waals surface area contributed by atoms with Crippen LogP contribution in [-0.4, -0.2) is 36.8 Å². The fourth-order valence-corrected chi connectivity index (χ4v) is 2.55. The molecule has 0 radical (unpaired) electrons. The summed E-state index contributed by atoms with van der Waals surface area (Å²) in [6.07, 6.45) is 1.67. The normalized spacial score (nSPS) is 15.5. The van der Waals surface area contributed by atoms with Gasteiger partial charge in [0.2, 0.25) is 0 Å². The topological polar surface area (TPSA) is 73.6 Å². The molecule has 3 N–H and O–H groups in total. The lowest BCUT2D eigenvalue weighted by Gasteiger charge is -2.23. The highest BCUT2D eigenvalue weighted by atomic mass is 35.5. The van der Waals surface area contributed by atoms with Gasteiger partial charge in [-0.2, -0.15) is 0 Å². The second-order valence-corrected chi connectivity index (χ2v) is 5.60. The predicted molar refractivity (Wildman–Crippen MR) is 84.8 cm³/mol. The fourth-order valence-electron chi connectivity index (χ4n) is 2.05. The molecule has 1 saturated heterocycles. The Kier molecular flexibility index (Phi) is 5.78. The van der Waals surface area contributed by atoms with Crippen molar-refractivity contribution in [1.82, 2.24) is 5.32 Å². The van der Waals surface area contributed by atoms with Gasteiger partial charge in [0.25, 0.3) is 5.91 Å². The number of hydrogen-bond donors (Lipinski definition) is 2. The van der Waals surface area contributed by atoms with Crippen molar-refractivity contribution in [2.45, 2.75) is 18.9 Å². The number of hydrogen-bond acceptors (Lipinski definition) is 4. The summed E-state index contributed by atoms with van der Waals surface area (Å²) in [5.74, 6) is 0.346. The van der Waals surface area contributed by atoms with Gasteiger partial charge in [0.15, 0.2) is 6.61 Å². The molecule has 5 nitrogen and oxygen atoms in total. The molecule has 1 aliphatic heterocycles. The second kappa shape index (κ2) is 7.59. The van der Waals surface area contributed by atoms with Crippen LogP contribution in [0.1, 0.15) is 18.4 Å². The number of carbonyl (C=O) groups is 1. The van der Waals surface area contributed by atoms with Crippen molar-refractivity contribution in [3.8, 4) is 5.75 Å². The third kappa shape index (κ3) is 4.84. The highest BCUT2D eigenvalue weighted by molar-refractivity contribution is 7.80. The minimum atomic E-state index is -0.156. The van der Waals surface area contributed by atoms with Crippen LogP contribution < -0.4 is 15.8 Å². The summed E-state index contributed by atoms with van der Waals surface area (Å²) in [5, 5.41) is 3.32. The molecule has 1 heterocycles. The molecular formula is C14H17ClN2O3S. The van der Waals surface area contributed by atoms with Gasteiger partial charge in [-0.3, -0.25) is 4.79 Å². The molecule has 0 aromatic heterocycles. The number of rotatable bonds is 5. The quantitative estimate of drug-likeness (QED) is 0.804. The molecule has 0 aliphatic carbocycles. The number of amides is 1. The van der Waals surface area contributed by atoms with Gasteiger partial charge in [-0.15, -0.1) is 0 Å². The largest absolute Gasteiger partial charge is 0.484 e. The van der Waals surface area contributed by atoms with Gasteiger partial charge in [-0.05, 0) is 31.0 Å². The van der Waals surface area contributed by atoms with Crippen molar-refractivity contribution in [3.05, 3.63) is 28.8 Å². The minimum absolute atomic E-state index is 0.0555. The molecule has 1 aliphatic rings. The third-order valence-electron chi connectivity index (χ3n) is 3.16. The van der Waals surface area contributed by atoms with Gasteiger partial charge in [-0.25, -0.2) is 0 Å². The average molecular weight is 329 g/mol. The molecule has 114 valence electrons. The standard InChI is InChI=1S/C14H17ClN2O3S/c15-12-7-10(1-2-11(12)14(16)21)20-8-13(18)17-9-3-5-19-6-4-9/h1-2,7,9H,3-6,8H2,(H2,16,21)(H,17,18). The Bertz CT molecular complexity index is 533. The number of carbonyl (C=O) groups excluding carboxylic acids is 1. The lowest BCUT2D eigenvalue weighted by Crippen LogP contribution is -2.41. The first-order valence-electron chi connectivity index (χ1n) is 6.65. The summed E-state index contributed by atoms with van der Waals surface area (Å²) in [6, 6.07) is 5.12. The number of ether oxygens (including phenoxy) is 2. The van der Waals surface area contributed by atoms with Crippen LogP contribution in [0.3, 0.4) is 0 Å². The van der Waals surface area contributed by atoms with E-state index in [1.54, 1.807) is 18.2 Å². The molecule has 0 bridgehead atoms. The zero-order valence-electron chi connectivity index (χ0n) is 11.4. The maximum atomic E-state index is 11.8. The monoisotopic (exact) mass is 328 g/mol. The molecule has 0 spiro atoms. The zero-order valence-corrected chi connectivity index (χ0v) is 13.0. The van der Waals surface area contributed by atoms with Crippen LogP contribution in [0.4, 0.5) is 0 Å². The molecule has 0 saturated carbocycles. The van der Waals surface area contributed by atoms with E-state index in [4.69, 9.17) is 39.0 Å². The van der Waals surface area contributed by atoms with Crippen LogP contribution in [0.25, 0.3) is 0 Å². The summed E-state index contributed by atoms with van der Waals surface area (Å²) in [6.45, 7) is 1.31. The predicted octanol–water partition coefficient (Wildman–Crippen LogP) is 1.65. The highest BCUT2D eigenvalue weighted by Gasteiger charge is 2.16. The lowest BCUT2D eigenvalue weighted by atomic mass is 10.1. The number of nitrogens with one attached hydrogen (secondary N) is 1. The van der Waals surface area contributed by atoms with Crippen LogP contribution in [0.2, 0.25) is 5.02 Å². The second-order valence-electron chi connectivity index (χ2n) is 4.75. The van der Waals surface area contributed by atoms with E-state index in [9.17, 15) is 4.79 Å². The van der Waals surface area contributed by atoms with E-state index in [-0.39, 0.29) is 23.5 Å². The van der Waals surface area contributed by atoms with Gasteiger partial charge >= 0.3 is 0 Å². The molecule has 0 atom stereocenters. The zero-order chi connectivity index (χ0) is 15.2. The van der Waals surface area contributed by atoms with Crippen LogP contribution in [0.5, 0.6) is 5.75 Å². The van der Waals surface area contributed by atoms with E-state index < -0.39 is 0 Å². The first-order valence-corrected chi connectivity index (χ1v) is 7.44. The molecule has 1 amide bonds. The van der Waals surface area contributed by atoms with Crippen molar-refractivity contribution < 1.29 is 14.3 Å². The molecule has 0 unspecified atom stereocenters. The minimum Gasteiger partial charge on any atom is -0.484 e. The van der Waals surface area contributed by atoms with E-state index in [2.05, 4.69) is 5.32 Å². The summed E-state index contributed by atoms with van der Waals surface area (Å²) >= 11 is 10.9. The maximum absolute atomic E-state index is 11.8. The van der Waals surface area contributed by atoms with Crippen molar-refractivity contribution >= 4 is 34.7 Å². The lowest BCUT2D eigenvalue weighted by molar-refractivity contribution is -0.124. The summed E-state index contributed by atoms with van der Waals surface area (Å²) in [7, 11) is 0. The Hall–Kier alpha value is -1.37. The fraction of sp³-hybridized carbons (Fsp3) is 0.429. The SMILES string of the molecule is NC(=S)c1ccc(OCC(=O)NC2CCOCC2)cc1Cl. The maximum Gasteiger partial charge on any atom is 0.258 e. The molecule has 1 aromatic rings. The van der Waals surface area contributed by atoms with E-state index in [1.807, 2.05) is 0 Å². The molecule has 1 fully saturated rings. The first kappa shape index (κ1) is 16.0. The van der Waals surface area contributed by atoms with Crippen molar-refractivity contribution in [1.29, 1.82) is 0 Å². The highest BCUT2D eigenvalue weighted by Crippen LogP contribution is 2.22. The van der Waals surface area contributed by atoms with E-state index >= 15 is 0 Å².